The Morgan fingerprint density at radius 3 is 2.49 bits per heavy atom. The molecular formula is C26H30N6O2S. The van der Waals surface area contributed by atoms with Crippen molar-refractivity contribution in [2.24, 2.45) is 0 Å². The van der Waals surface area contributed by atoms with Gasteiger partial charge in [-0.1, -0.05) is 18.2 Å². The van der Waals surface area contributed by atoms with E-state index >= 15 is 0 Å². The van der Waals surface area contributed by atoms with Gasteiger partial charge in [0.2, 0.25) is 5.91 Å². The van der Waals surface area contributed by atoms with E-state index in [1.165, 1.54) is 11.3 Å². The second kappa shape index (κ2) is 9.87. The zero-order valence-electron chi connectivity index (χ0n) is 20.6. The number of nitrogens with zero attached hydrogens (tertiary/aromatic N) is 4. The van der Waals surface area contributed by atoms with Crippen molar-refractivity contribution in [3.05, 3.63) is 65.4 Å². The van der Waals surface area contributed by atoms with Crippen LogP contribution in [-0.2, 0) is 16.9 Å². The number of carbonyl (C=O) groups is 2. The minimum absolute atomic E-state index is 0.117. The van der Waals surface area contributed by atoms with Crippen LogP contribution in [0.4, 0.5) is 5.13 Å². The molecule has 4 aromatic rings. The van der Waals surface area contributed by atoms with Gasteiger partial charge in [0.15, 0.2) is 5.13 Å². The van der Waals surface area contributed by atoms with Crippen LogP contribution in [0.5, 0.6) is 0 Å². The number of hydrogen-bond donors (Lipinski definition) is 2. The minimum Gasteiger partial charge on any atom is -0.348 e. The van der Waals surface area contributed by atoms with E-state index in [0.717, 1.165) is 34.8 Å². The van der Waals surface area contributed by atoms with E-state index in [-0.39, 0.29) is 23.9 Å². The third kappa shape index (κ3) is 5.68. The van der Waals surface area contributed by atoms with E-state index in [9.17, 15) is 9.59 Å². The molecule has 0 spiro atoms. The highest BCUT2D eigenvalue weighted by Gasteiger charge is 2.16. The zero-order valence-corrected chi connectivity index (χ0v) is 21.4. The Labute approximate surface area is 209 Å². The molecule has 3 heterocycles. The smallest absolute Gasteiger partial charge is 0.253 e. The van der Waals surface area contributed by atoms with Gasteiger partial charge in [0.05, 0.1) is 23.5 Å². The Morgan fingerprint density at radius 1 is 1.09 bits per heavy atom. The molecule has 0 aliphatic carbocycles. The lowest BCUT2D eigenvalue weighted by molar-refractivity contribution is -0.115. The fraction of sp³-hybridized carbons (Fsp3) is 0.308. The van der Waals surface area contributed by atoms with Crippen molar-refractivity contribution in [3.63, 3.8) is 0 Å². The number of anilines is 1. The highest BCUT2D eigenvalue weighted by molar-refractivity contribution is 7.14. The second-order valence-corrected chi connectivity index (χ2v) is 10.2. The SMILES string of the molecule is CCn1nc(-c2cccc(-c3csc(NC(=O)CNC(=O)c4ccn(C(C)(C)C)c4)n3)c2)cc1C. The van der Waals surface area contributed by atoms with Crippen LogP contribution in [0.3, 0.4) is 0 Å². The summed E-state index contributed by atoms with van der Waals surface area (Å²) in [6.07, 6.45) is 3.64. The van der Waals surface area contributed by atoms with Gasteiger partial charge in [-0.25, -0.2) is 4.98 Å². The Bertz CT molecular complexity index is 1360. The summed E-state index contributed by atoms with van der Waals surface area (Å²) in [5.41, 5.74) is 5.16. The van der Waals surface area contributed by atoms with Crippen LogP contribution in [0.2, 0.25) is 0 Å². The lowest BCUT2D eigenvalue weighted by Crippen LogP contribution is -2.32. The highest BCUT2D eigenvalue weighted by atomic mass is 32.1. The number of rotatable bonds is 7. The van der Waals surface area contributed by atoms with Gasteiger partial charge in [-0.3, -0.25) is 14.3 Å². The third-order valence-electron chi connectivity index (χ3n) is 5.62. The molecule has 2 amide bonds. The standard InChI is InChI=1S/C26H30N6O2S/c1-6-32-17(2)12-21(30-32)18-8-7-9-19(13-18)22-16-35-25(28-22)29-23(33)14-27-24(34)20-10-11-31(15-20)26(3,4)5/h7-13,15-16H,6,14H2,1-5H3,(H,27,34)(H,28,29,33). The van der Waals surface area contributed by atoms with E-state index in [1.54, 1.807) is 12.3 Å². The molecule has 0 saturated carbocycles. The number of benzene rings is 1. The van der Waals surface area contributed by atoms with Crippen LogP contribution in [0, 0.1) is 6.92 Å². The maximum atomic E-state index is 12.4. The van der Waals surface area contributed by atoms with Gasteiger partial charge >= 0.3 is 0 Å². The second-order valence-electron chi connectivity index (χ2n) is 9.31. The first kappa shape index (κ1) is 24.4. The number of amides is 2. The molecule has 0 fully saturated rings. The molecule has 182 valence electrons. The summed E-state index contributed by atoms with van der Waals surface area (Å²) in [5.74, 6) is -0.621. The molecule has 2 N–H and O–H groups in total. The summed E-state index contributed by atoms with van der Waals surface area (Å²) in [6, 6.07) is 11.9. The summed E-state index contributed by atoms with van der Waals surface area (Å²) in [7, 11) is 0. The van der Waals surface area contributed by atoms with E-state index in [0.29, 0.717) is 10.7 Å². The predicted molar refractivity (Wildman–Crippen MR) is 140 cm³/mol. The highest BCUT2D eigenvalue weighted by Crippen LogP contribution is 2.28. The Hall–Kier alpha value is -3.72. The van der Waals surface area contributed by atoms with Crippen LogP contribution in [0.1, 0.15) is 43.7 Å². The van der Waals surface area contributed by atoms with Crippen molar-refractivity contribution in [2.75, 3.05) is 11.9 Å². The molecule has 0 radical (unpaired) electrons. The molecule has 0 bridgehead atoms. The molecule has 1 aromatic carbocycles. The lowest BCUT2D eigenvalue weighted by atomic mass is 10.1. The molecule has 35 heavy (non-hydrogen) atoms. The van der Waals surface area contributed by atoms with Crippen LogP contribution in [0.15, 0.2) is 54.2 Å². The van der Waals surface area contributed by atoms with Crippen molar-refractivity contribution in [1.29, 1.82) is 0 Å². The minimum atomic E-state index is -0.330. The molecule has 0 saturated heterocycles. The number of aromatic nitrogens is 4. The largest absolute Gasteiger partial charge is 0.348 e. The average molecular weight is 491 g/mol. The van der Waals surface area contributed by atoms with Gasteiger partial charge in [0.25, 0.3) is 5.91 Å². The quantitative estimate of drug-likeness (QED) is 0.384. The van der Waals surface area contributed by atoms with Gasteiger partial charge in [-0.2, -0.15) is 5.10 Å². The first-order chi connectivity index (χ1) is 16.6. The van der Waals surface area contributed by atoms with E-state index < -0.39 is 0 Å². The van der Waals surface area contributed by atoms with Crippen molar-refractivity contribution < 1.29 is 9.59 Å². The first-order valence-corrected chi connectivity index (χ1v) is 12.4. The monoisotopic (exact) mass is 490 g/mol. The third-order valence-corrected chi connectivity index (χ3v) is 6.38. The predicted octanol–water partition coefficient (Wildman–Crippen LogP) is 4.93. The fourth-order valence-electron chi connectivity index (χ4n) is 3.65. The normalized spacial score (nSPS) is 11.5. The summed E-state index contributed by atoms with van der Waals surface area (Å²) in [4.78, 5) is 29.3. The molecular weight excluding hydrogens is 460 g/mol. The average Bonchev–Trinajstić information content (AvgIpc) is 3.57. The van der Waals surface area contributed by atoms with E-state index in [1.807, 2.05) is 52.0 Å². The molecule has 3 aromatic heterocycles. The molecule has 0 unspecified atom stereocenters. The summed E-state index contributed by atoms with van der Waals surface area (Å²) in [5, 5.41) is 12.5. The summed E-state index contributed by atoms with van der Waals surface area (Å²) >= 11 is 1.34. The van der Waals surface area contributed by atoms with Gasteiger partial charge in [0.1, 0.15) is 0 Å². The summed E-state index contributed by atoms with van der Waals surface area (Å²) < 4.78 is 3.93. The number of thiazole rings is 1. The maximum absolute atomic E-state index is 12.4. The Balaban J connectivity index is 1.37. The van der Waals surface area contributed by atoms with Crippen LogP contribution in [0.25, 0.3) is 22.5 Å². The van der Waals surface area contributed by atoms with Gasteiger partial charge < -0.3 is 15.2 Å². The van der Waals surface area contributed by atoms with Gasteiger partial charge in [-0.15, -0.1) is 11.3 Å². The van der Waals surface area contributed by atoms with Crippen LogP contribution in [-0.4, -0.2) is 37.7 Å². The van der Waals surface area contributed by atoms with Crippen molar-refractivity contribution in [2.45, 2.75) is 46.7 Å². The summed E-state index contributed by atoms with van der Waals surface area (Å²) in [6.45, 7) is 11.0. The van der Waals surface area contributed by atoms with Crippen molar-refractivity contribution >= 4 is 28.3 Å². The van der Waals surface area contributed by atoms with Crippen LogP contribution >= 0.6 is 11.3 Å². The molecule has 4 rings (SSSR count). The maximum Gasteiger partial charge on any atom is 0.253 e. The number of aryl methyl sites for hydroxylation is 2. The van der Waals surface area contributed by atoms with Crippen molar-refractivity contribution in [1.82, 2.24) is 24.6 Å². The fourth-order valence-corrected chi connectivity index (χ4v) is 4.38. The Morgan fingerprint density at radius 2 is 1.83 bits per heavy atom. The lowest BCUT2D eigenvalue weighted by Gasteiger charge is -2.20. The van der Waals surface area contributed by atoms with Crippen LogP contribution < -0.4 is 10.6 Å². The van der Waals surface area contributed by atoms with E-state index in [4.69, 9.17) is 0 Å². The molecule has 9 heteroatoms. The molecule has 0 atom stereocenters. The van der Waals surface area contributed by atoms with E-state index in [2.05, 4.69) is 54.5 Å². The molecule has 0 aliphatic heterocycles. The topological polar surface area (TPSA) is 93.8 Å². The molecule has 0 aliphatic rings. The number of hydrogen-bond acceptors (Lipinski definition) is 5. The number of carbonyl (C=O) groups excluding carboxylic acids is 2. The zero-order chi connectivity index (χ0) is 25.2. The first-order valence-electron chi connectivity index (χ1n) is 11.5. The number of nitrogens with one attached hydrogen (secondary N) is 2. The van der Waals surface area contributed by atoms with Gasteiger partial charge in [-0.05, 0) is 52.8 Å². The Kier molecular flexibility index (Phi) is 6.88. The molecule has 8 nitrogen and oxygen atoms in total. The van der Waals surface area contributed by atoms with Gasteiger partial charge in [0, 0.05) is 46.7 Å². The van der Waals surface area contributed by atoms with Crippen molar-refractivity contribution in [3.8, 4) is 22.5 Å².